The molecule has 0 unspecified atom stereocenters. The number of piperidine rings is 1. The van der Waals surface area contributed by atoms with Gasteiger partial charge in [-0.3, -0.25) is 9.59 Å². The molecule has 1 saturated heterocycles. The van der Waals surface area contributed by atoms with Gasteiger partial charge < -0.3 is 15.0 Å². The van der Waals surface area contributed by atoms with Crippen LogP contribution in [0, 0.1) is 12.8 Å². The van der Waals surface area contributed by atoms with Crippen molar-refractivity contribution in [3.05, 3.63) is 75.9 Å². The fourth-order valence-corrected chi connectivity index (χ4v) is 5.12. The largest absolute Gasteiger partial charge is 0.497 e. The maximum atomic E-state index is 13.5. The Morgan fingerprint density at radius 1 is 1.18 bits per heavy atom. The molecule has 1 aliphatic heterocycles. The van der Waals surface area contributed by atoms with Gasteiger partial charge in [-0.2, -0.15) is 0 Å². The highest BCUT2D eigenvalue weighted by atomic mass is 32.1. The lowest BCUT2D eigenvalue weighted by Gasteiger charge is -2.34. The fraction of sp³-hybridized carbons (Fsp3) is 0.269. The molecule has 34 heavy (non-hydrogen) atoms. The number of nitrogens with zero attached hydrogens (tertiary/aromatic N) is 3. The SMILES string of the molecule is COc1cccc(NC(=O)[C@@H]2CCCN(c3nc4ccsc4c(=O)n3-c3ccc(C)cc3)C2)c1. The number of rotatable bonds is 5. The van der Waals surface area contributed by atoms with Gasteiger partial charge in [0.2, 0.25) is 11.9 Å². The topological polar surface area (TPSA) is 76.5 Å². The van der Waals surface area contributed by atoms with Gasteiger partial charge in [0.25, 0.3) is 5.56 Å². The summed E-state index contributed by atoms with van der Waals surface area (Å²) in [7, 11) is 1.60. The first kappa shape index (κ1) is 22.2. The van der Waals surface area contributed by atoms with Gasteiger partial charge in [-0.25, -0.2) is 9.55 Å². The van der Waals surface area contributed by atoms with Crippen LogP contribution in [0.2, 0.25) is 0 Å². The molecule has 2 aromatic carbocycles. The van der Waals surface area contributed by atoms with Crippen molar-refractivity contribution >= 4 is 39.1 Å². The summed E-state index contributed by atoms with van der Waals surface area (Å²) < 4.78 is 7.57. The number of nitrogens with one attached hydrogen (secondary N) is 1. The van der Waals surface area contributed by atoms with E-state index in [-0.39, 0.29) is 17.4 Å². The molecule has 1 amide bonds. The van der Waals surface area contributed by atoms with Crippen LogP contribution in [0.4, 0.5) is 11.6 Å². The Kier molecular flexibility index (Phi) is 6.06. The molecule has 0 radical (unpaired) electrons. The molecule has 0 saturated carbocycles. The summed E-state index contributed by atoms with van der Waals surface area (Å²) in [6.07, 6.45) is 1.61. The molecule has 0 spiro atoms. The number of anilines is 2. The molecule has 4 aromatic rings. The molecule has 174 valence electrons. The summed E-state index contributed by atoms with van der Waals surface area (Å²) in [5, 5.41) is 4.91. The molecule has 1 N–H and O–H groups in total. The smallest absolute Gasteiger partial charge is 0.277 e. The van der Waals surface area contributed by atoms with E-state index in [1.54, 1.807) is 17.7 Å². The minimum absolute atomic E-state index is 0.0428. The Bertz CT molecular complexity index is 1390. The first-order valence-corrected chi connectivity index (χ1v) is 12.2. The third kappa shape index (κ3) is 4.28. The van der Waals surface area contributed by atoms with Crippen molar-refractivity contribution in [3.8, 4) is 11.4 Å². The molecule has 2 aromatic heterocycles. The van der Waals surface area contributed by atoms with Gasteiger partial charge in [-0.05, 0) is 55.5 Å². The van der Waals surface area contributed by atoms with Crippen LogP contribution in [0.1, 0.15) is 18.4 Å². The molecule has 0 aliphatic carbocycles. The average molecular weight is 475 g/mol. The van der Waals surface area contributed by atoms with Gasteiger partial charge in [-0.1, -0.05) is 23.8 Å². The second-order valence-electron chi connectivity index (χ2n) is 8.53. The monoisotopic (exact) mass is 474 g/mol. The number of amides is 1. The number of benzene rings is 2. The zero-order chi connectivity index (χ0) is 23.7. The standard InChI is InChI=1S/C26H26N4O3S/c1-17-8-10-20(11-9-17)30-25(32)23-22(12-14-34-23)28-26(30)29-13-4-5-18(16-29)24(31)27-19-6-3-7-21(15-19)33-2/h3,6-12,14-15,18H,4-5,13,16H2,1-2H3,(H,27,31)/t18-/m1/s1. The number of carbonyl (C=O) groups excluding carboxylic acids is 1. The lowest BCUT2D eigenvalue weighted by molar-refractivity contribution is -0.120. The van der Waals surface area contributed by atoms with Crippen molar-refractivity contribution in [3.63, 3.8) is 0 Å². The maximum Gasteiger partial charge on any atom is 0.277 e. The van der Waals surface area contributed by atoms with E-state index in [1.807, 2.05) is 60.8 Å². The number of carbonyl (C=O) groups is 1. The van der Waals surface area contributed by atoms with Crippen molar-refractivity contribution < 1.29 is 9.53 Å². The minimum atomic E-state index is -0.221. The first-order valence-electron chi connectivity index (χ1n) is 11.3. The van der Waals surface area contributed by atoms with E-state index in [0.29, 0.717) is 34.1 Å². The van der Waals surface area contributed by atoms with Gasteiger partial charge in [0.1, 0.15) is 10.4 Å². The van der Waals surface area contributed by atoms with Crippen LogP contribution in [0.5, 0.6) is 5.75 Å². The molecule has 8 heteroatoms. The van der Waals surface area contributed by atoms with Gasteiger partial charge in [0.15, 0.2) is 0 Å². The summed E-state index contributed by atoms with van der Waals surface area (Å²) in [6, 6.07) is 17.1. The highest BCUT2D eigenvalue weighted by molar-refractivity contribution is 7.17. The van der Waals surface area contributed by atoms with E-state index in [2.05, 4.69) is 10.2 Å². The lowest BCUT2D eigenvalue weighted by Crippen LogP contribution is -2.43. The predicted molar refractivity (Wildman–Crippen MR) is 137 cm³/mol. The number of fused-ring (bicyclic) bond motifs is 1. The zero-order valence-electron chi connectivity index (χ0n) is 19.2. The van der Waals surface area contributed by atoms with Crippen molar-refractivity contribution in [1.29, 1.82) is 0 Å². The van der Waals surface area contributed by atoms with Crippen molar-refractivity contribution in [1.82, 2.24) is 9.55 Å². The van der Waals surface area contributed by atoms with Gasteiger partial charge >= 0.3 is 0 Å². The highest BCUT2D eigenvalue weighted by Crippen LogP contribution is 2.27. The average Bonchev–Trinajstić information content (AvgIpc) is 3.34. The molecule has 5 rings (SSSR count). The van der Waals surface area contributed by atoms with Crippen LogP contribution in [0.25, 0.3) is 15.9 Å². The molecule has 1 atom stereocenters. The molecule has 1 fully saturated rings. The number of hydrogen-bond acceptors (Lipinski definition) is 6. The molecular weight excluding hydrogens is 448 g/mol. The van der Waals surface area contributed by atoms with Crippen LogP contribution >= 0.6 is 11.3 Å². The highest BCUT2D eigenvalue weighted by Gasteiger charge is 2.29. The van der Waals surface area contributed by atoms with Gasteiger partial charge in [-0.15, -0.1) is 11.3 Å². The Hall–Kier alpha value is -3.65. The second kappa shape index (κ2) is 9.30. The number of methoxy groups -OCH3 is 1. The van der Waals surface area contributed by atoms with E-state index in [4.69, 9.17) is 9.72 Å². The molecule has 0 bridgehead atoms. The molecule has 7 nitrogen and oxygen atoms in total. The second-order valence-corrected chi connectivity index (χ2v) is 9.45. The third-order valence-electron chi connectivity index (χ3n) is 6.17. The van der Waals surface area contributed by atoms with Crippen LogP contribution < -0.4 is 20.5 Å². The summed E-state index contributed by atoms with van der Waals surface area (Å²) >= 11 is 1.40. The summed E-state index contributed by atoms with van der Waals surface area (Å²) in [6.45, 7) is 3.24. The first-order chi connectivity index (χ1) is 16.5. The van der Waals surface area contributed by atoms with Gasteiger partial charge in [0, 0.05) is 24.8 Å². The van der Waals surface area contributed by atoms with E-state index in [9.17, 15) is 9.59 Å². The Morgan fingerprint density at radius 3 is 2.79 bits per heavy atom. The minimum Gasteiger partial charge on any atom is -0.497 e. The Morgan fingerprint density at radius 2 is 2.00 bits per heavy atom. The lowest BCUT2D eigenvalue weighted by atomic mass is 9.97. The molecule has 3 heterocycles. The van der Waals surface area contributed by atoms with Crippen LogP contribution in [-0.4, -0.2) is 35.7 Å². The Balaban J connectivity index is 1.47. The number of thiophene rings is 1. The van der Waals surface area contributed by atoms with E-state index < -0.39 is 0 Å². The Labute approximate surface area is 201 Å². The van der Waals surface area contributed by atoms with Crippen molar-refractivity contribution in [2.24, 2.45) is 5.92 Å². The quantitative estimate of drug-likeness (QED) is 0.457. The number of aromatic nitrogens is 2. The number of aryl methyl sites for hydroxylation is 1. The summed E-state index contributed by atoms with van der Waals surface area (Å²) in [5.41, 5.74) is 3.21. The third-order valence-corrected chi connectivity index (χ3v) is 7.06. The summed E-state index contributed by atoms with van der Waals surface area (Å²) in [4.78, 5) is 33.5. The van der Waals surface area contributed by atoms with E-state index in [1.165, 1.54) is 11.3 Å². The number of hydrogen-bond donors (Lipinski definition) is 1. The molecule has 1 aliphatic rings. The van der Waals surface area contributed by atoms with Crippen LogP contribution in [-0.2, 0) is 4.79 Å². The zero-order valence-corrected chi connectivity index (χ0v) is 20.0. The van der Waals surface area contributed by atoms with Crippen molar-refractivity contribution in [2.45, 2.75) is 19.8 Å². The van der Waals surface area contributed by atoms with Crippen LogP contribution in [0.15, 0.2) is 64.8 Å². The molecular formula is C26H26N4O3S. The maximum absolute atomic E-state index is 13.5. The van der Waals surface area contributed by atoms with Crippen LogP contribution in [0.3, 0.4) is 0 Å². The van der Waals surface area contributed by atoms with E-state index >= 15 is 0 Å². The number of ether oxygens (including phenoxy) is 1. The van der Waals surface area contributed by atoms with E-state index in [0.717, 1.165) is 30.6 Å². The predicted octanol–water partition coefficient (Wildman–Crippen LogP) is 4.62. The normalized spacial score (nSPS) is 15.9. The summed E-state index contributed by atoms with van der Waals surface area (Å²) in [5.74, 6) is 1.01. The van der Waals surface area contributed by atoms with Crippen molar-refractivity contribution in [2.75, 3.05) is 30.4 Å². The van der Waals surface area contributed by atoms with Gasteiger partial charge in [0.05, 0.1) is 24.2 Å². The fourth-order valence-electron chi connectivity index (χ4n) is 4.36.